The van der Waals surface area contributed by atoms with E-state index in [1.165, 1.54) is 11.3 Å². The molecule has 2 aromatic heterocycles. The second-order valence-electron chi connectivity index (χ2n) is 4.22. The van der Waals surface area contributed by atoms with E-state index in [9.17, 15) is 9.90 Å². The van der Waals surface area contributed by atoms with Gasteiger partial charge in [0.15, 0.2) is 5.82 Å². The Hall–Kier alpha value is -1.44. The van der Waals surface area contributed by atoms with Crippen molar-refractivity contribution in [2.75, 3.05) is 0 Å². The molecule has 21 heavy (non-hydrogen) atoms. The monoisotopic (exact) mass is 426 g/mol. The third-order valence-corrected chi connectivity index (χ3v) is 5.24. The normalized spacial score (nSPS) is 10.8. The molecule has 2 N–H and O–H groups in total. The summed E-state index contributed by atoms with van der Waals surface area (Å²) in [6, 6.07) is 8.96. The number of thiophene rings is 1. The zero-order valence-electron chi connectivity index (χ0n) is 10.4. The molecule has 0 fully saturated rings. The van der Waals surface area contributed by atoms with E-state index in [1.54, 1.807) is 24.3 Å². The zero-order valence-corrected chi connectivity index (χ0v) is 14.4. The Kier molecular flexibility index (Phi) is 3.97. The highest BCUT2D eigenvalue weighted by atomic mass is 79.9. The van der Waals surface area contributed by atoms with Gasteiger partial charge in [0.2, 0.25) is 5.88 Å². The molecule has 4 nitrogen and oxygen atoms in total. The smallest absolute Gasteiger partial charge is 0.262 e. The second kappa shape index (κ2) is 5.75. The molecular weight excluding hydrogens is 420 g/mol. The molecule has 2 heterocycles. The van der Waals surface area contributed by atoms with E-state index in [-0.39, 0.29) is 17.0 Å². The maximum atomic E-state index is 12.3. The molecule has 0 saturated carbocycles. The number of nitrogens with one attached hydrogen (secondary N) is 1. The number of hydrogen-bond donors (Lipinski definition) is 2. The first-order chi connectivity index (χ1) is 10.1. The van der Waals surface area contributed by atoms with Crippen molar-refractivity contribution in [3.05, 3.63) is 55.0 Å². The van der Waals surface area contributed by atoms with Crippen molar-refractivity contribution in [2.24, 2.45) is 0 Å². The maximum Gasteiger partial charge on any atom is 0.262 e. The van der Waals surface area contributed by atoms with Gasteiger partial charge in [0, 0.05) is 8.95 Å². The Balaban J connectivity index is 2.15. The lowest BCUT2D eigenvalue weighted by Crippen LogP contribution is -2.11. The van der Waals surface area contributed by atoms with Crippen LogP contribution in [0.5, 0.6) is 5.88 Å². The number of aromatic nitrogens is 2. The lowest BCUT2D eigenvalue weighted by Gasteiger charge is -2.06. The van der Waals surface area contributed by atoms with Crippen LogP contribution in [-0.4, -0.2) is 15.1 Å². The Morgan fingerprint density at radius 2 is 1.86 bits per heavy atom. The molecule has 0 bridgehead atoms. The van der Waals surface area contributed by atoms with Gasteiger partial charge in [-0.1, -0.05) is 28.1 Å². The molecule has 1 aromatic carbocycles. The van der Waals surface area contributed by atoms with Crippen LogP contribution in [0.25, 0.3) is 21.8 Å². The Bertz CT molecular complexity index is 856. The summed E-state index contributed by atoms with van der Waals surface area (Å²) in [5.41, 5.74) is 0.403. The molecule has 3 rings (SSSR count). The first-order valence-corrected chi connectivity index (χ1v) is 8.35. The molecule has 7 heteroatoms. The fourth-order valence-corrected chi connectivity index (χ4v) is 3.68. The van der Waals surface area contributed by atoms with Crippen molar-refractivity contribution in [3.8, 4) is 27.7 Å². The van der Waals surface area contributed by atoms with E-state index in [1.807, 2.05) is 11.4 Å². The first-order valence-electron chi connectivity index (χ1n) is 5.89. The van der Waals surface area contributed by atoms with Gasteiger partial charge in [-0.05, 0) is 45.1 Å². The summed E-state index contributed by atoms with van der Waals surface area (Å²) < 4.78 is 1.72. The summed E-state index contributed by atoms with van der Waals surface area (Å²) in [7, 11) is 0. The third-order valence-electron chi connectivity index (χ3n) is 2.87. The fraction of sp³-hybridized carbons (Fsp3) is 0. The van der Waals surface area contributed by atoms with Crippen molar-refractivity contribution in [1.29, 1.82) is 0 Å². The van der Waals surface area contributed by atoms with Crippen LogP contribution >= 0.6 is 43.2 Å². The van der Waals surface area contributed by atoms with Gasteiger partial charge >= 0.3 is 0 Å². The second-order valence-corrected chi connectivity index (χ2v) is 6.90. The SMILES string of the molecule is O=c1[nH]c(-c2sccc2Br)nc(O)c1-c1ccc(Br)cc1. The number of benzene rings is 1. The molecule has 0 spiro atoms. The number of rotatable bonds is 2. The fourth-order valence-electron chi connectivity index (χ4n) is 1.91. The molecule has 0 unspecified atom stereocenters. The van der Waals surface area contributed by atoms with Crippen molar-refractivity contribution in [1.82, 2.24) is 9.97 Å². The van der Waals surface area contributed by atoms with Crippen LogP contribution in [0.2, 0.25) is 0 Å². The number of H-pyrrole nitrogens is 1. The first kappa shape index (κ1) is 14.5. The Morgan fingerprint density at radius 3 is 2.43 bits per heavy atom. The topological polar surface area (TPSA) is 66.0 Å². The summed E-state index contributed by atoms with van der Waals surface area (Å²) in [5.74, 6) is 0.0663. The number of aromatic amines is 1. The van der Waals surface area contributed by atoms with Gasteiger partial charge in [0.05, 0.1) is 4.88 Å². The van der Waals surface area contributed by atoms with Crippen LogP contribution in [-0.2, 0) is 0 Å². The Labute approximate surface area is 140 Å². The van der Waals surface area contributed by atoms with Crippen molar-refractivity contribution in [2.45, 2.75) is 0 Å². The van der Waals surface area contributed by atoms with Crippen LogP contribution in [0.3, 0.4) is 0 Å². The van der Waals surface area contributed by atoms with Crippen LogP contribution in [0.4, 0.5) is 0 Å². The van der Waals surface area contributed by atoms with Crippen LogP contribution in [0, 0.1) is 0 Å². The molecule has 0 amide bonds. The number of hydrogen-bond acceptors (Lipinski definition) is 4. The number of aromatic hydroxyl groups is 1. The van der Waals surface area contributed by atoms with E-state index >= 15 is 0 Å². The lowest BCUT2D eigenvalue weighted by molar-refractivity contribution is 0.454. The maximum absolute atomic E-state index is 12.3. The van der Waals surface area contributed by atoms with Gasteiger partial charge in [-0.2, -0.15) is 4.98 Å². The quantitative estimate of drug-likeness (QED) is 0.637. The molecule has 3 aromatic rings. The largest absolute Gasteiger partial charge is 0.493 e. The summed E-state index contributed by atoms with van der Waals surface area (Å²) in [4.78, 5) is 19.9. The van der Waals surface area contributed by atoms with Gasteiger partial charge in [-0.3, -0.25) is 4.79 Å². The predicted octanol–water partition coefficient (Wildman–Crippen LogP) is 4.40. The van der Waals surface area contributed by atoms with Gasteiger partial charge in [0.25, 0.3) is 5.56 Å². The van der Waals surface area contributed by atoms with E-state index in [0.29, 0.717) is 11.4 Å². The minimum absolute atomic E-state index is 0.166. The Morgan fingerprint density at radius 1 is 1.14 bits per heavy atom. The van der Waals surface area contributed by atoms with E-state index < -0.39 is 0 Å². The van der Waals surface area contributed by atoms with E-state index in [4.69, 9.17) is 0 Å². The van der Waals surface area contributed by atoms with Crippen molar-refractivity contribution in [3.63, 3.8) is 0 Å². The summed E-state index contributed by atoms with van der Waals surface area (Å²) >= 11 is 8.14. The molecular formula is C14H8Br2N2O2S. The summed E-state index contributed by atoms with van der Waals surface area (Å²) in [6.45, 7) is 0. The summed E-state index contributed by atoms with van der Waals surface area (Å²) in [5, 5.41) is 12.0. The van der Waals surface area contributed by atoms with Crippen molar-refractivity contribution < 1.29 is 5.11 Å². The summed E-state index contributed by atoms with van der Waals surface area (Å²) in [6.07, 6.45) is 0. The van der Waals surface area contributed by atoms with E-state index in [2.05, 4.69) is 41.8 Å². The standard InChI is InChI=1S/C14H8Br2N2O2S/c15-8-3-1-7(2-4-8)10-13(19)17-12(18-14(10)20)11-9(16)5-6-21-11/h1-6H,(H2,17,18,19,20). The van der Waals surface area contributed by atoms with Crippen LogP contribution in [0.1, 0.15) is 0 Å². The van der Waals surface area contributed by atoms with Crippen LogP contribution in [0.15, 0.2) is 49.5 Å². The highest BCUT2D eigenvalue weighted by Gasteiger charge is 2.15. The molecule has 0 saturated heterocycles. The highest BCUT2D eigenvalue weighted by molar-refractivity contribution is 9.10. The lowest BCUT2D eigenvalue weighted by atomic mass is 10.1. The predicted molar refractivity (Wildman–Crippen MR) is 90.7 cm³/mol. The van der Waals surface area contributed by atoms with E-state index in [0.717, 1.165) is 13.8 Å². The minimum Gasteiger partial charge on any atom is -0.493 e. The van der Waals surface area contributed by atoms with Gasteiger partial charge in [-0.25, -0.2) is 0 Å². The average molecular weight is 428 g/mol. The number of halogens is 2. The van der Waals surface area contributed by atoms with Crippen LogP contribution < -0.4 is 5.56 Å². The third kappa shape index (κ3) is 2.81. The number of nitrogens with zero attached hydrogens (tertiary/aromatic N) is 1. The van der Waals surface area contributed by atoms with Gasteiger partial charge < -0.3 is 10.1 Å². The molecule has 0 aliphatic carbocycles. The molecule has 0 aliphatic heterocycles. The van der Waals surface area contributed by atoms with Crippen molar-refractivity contribution >= 4 is 43.2 Å². The molecule has 0 atom stereocenters. The molecule has 0 aliphatic rings. The van der Waals surface area contributed by atoms with Gasteiger partial charge in [-0.15, -0.1) is 11.3 Å². The average Bonchev–Trinajstić information content (AvgIpc) is 2.86. The molecule has 0 radical (unpaired) electrons. The van der Waals surface area contributed by atoms with Gasteiger partial charge in [0.1, 0.15) is 5.56 Å². The molecule has 106 valence electrons. The minimum atomic E-state index is -0.375. The zero-order chi connectivity index (χ0) is 15.0. The highest BCUT2D eigenvalue weighted by Crippen LogP contribution is 2.33.